The molecule has 1 unspecified atom stereocenters. The van der Waals surface area contributed by atoms with Crippen LogP contribution in [0.5, 0.6) is 0 Å². The predicted molar refractivity (Wildman–Crippen MR) is 66.1 cm³/mol. The van der Waals surface area contributed by atoms with Gasteiger partial charge in [-0.25, -0.2) is 0 Å². The minimum Gasteiger partial charge on any atom is -0.314 e. The van der Waals surface area contributed by atoms with E-state index in [-0.39, 0.29) is 0 Å². The maximum Gasteiger partial charge on any atom is 0.0192 e. The smallest absolute Gasteiger partial charge is 0.0192 e. The third-order valence-electron chi connectivity index (χ3n) is 2.89. The van der Waals surface area contributed by atoms with Crippen LogP contribution in [0.2, 0.25) is 0 Å². The predicted octanol–water partition coefficient (Wildman–Crippen LogP) is 1.81. The molecule has 1 rings (SSSR count). The van der Waals surface area contributed by atoms with Gasteiger partial charge in [0.05, 0.1) is 0 Å². The summed E-state index contributed by atoms with van der Waals surface area (Å²) in [6.45, 7) is 6.82. The number of nitrogens with zero attached hydrogens (tertiary/aromatic N) is 1. The summed E-state index contributed by atoms with van der Waals surface area (Å²) in [7, 11) is 2.25. The standard InChI is InChI=1S/C11H24N2S/c1-4-14-8-7-12-9-10(2)13(3)11-5-6-11/h10-12H,4-9H2,1-3H3. The summed E-state index contributed by atoms with van der Waals surface area (Å²) in [4.78, 5) is 2.51. The van der Waals surface area contributed by atoms with Gasteiger partial charge >= 0.3 is 0 Å². The molecule has 1 fully saturated rings. The normalized spacial score (nSPS) is 18.9. The average molecular weight is 216 g/mol. The van der Waals surface area contributed by atoms with E-state index >= 15 is 0 Å². The fourth-order valence-electron chi connectivity index (χ4n) is 1.59. The largest absolute Gasteiger partial charge is 0.314 e. The van der Waals surface area contributed by atoms with E-state index in [0.29, 0.717) is 6.04 Å². The molecule has 0 aromatic heterocycles. The van der Waals surface area contributed by atoms with E-state index in [9.17, 15) is 0 Å². The first kappa shape index (κ1) is 12.3. The van der Waals surface area contributed by atoms with Crippen molar-refractivity contribution in [2.24, 2.45) is 0 Å². The molecule has 0 radical (unpaired) electrons. The van der Waals surface area contributed by atoms with Gasteiger partial charge in [-0.3, -0.25) is 4.90 Å². The van der Waals surface area contributed by atoms with E-state index in [1.165, 1.54) is 24.3 Å². The molecule has 0 amide bonds. The second kappa shape index (κ2) is 6.70. The summed E-state index contributed by atoms with van der Waals surface area (Å²) in [5.74, 6) is 2.48. The molecule has 0 aliphatic heterocycles. The third-order valence-corrected chi connectivity index (χ3v) is 3.79. The van der Waals surface area contributed by atoms with Gasteiger partial charge in [0.25, 0.3) is 0 Å². The van der Waals surface area contributed by atoms with Crippen molar-refractivity contribution in [2.45, 2.75) is 38.8 Å². The van der Waals surface area contributed by atoms with Crippen LogP contribution in [0.1, 0.15) is 26.7 Å². The van der Waals surface area contributed by atoms with Crippen molar-refractivity contribution in [1.29, 1.82) is 0 Å². The highest BCUT2D eigenvalue weighted by molar-refractivity contribution is 7.99. The number of rotatable bonds is 8. The van der Waals surface area contributed by atoms with Crippen LogP contribution in [0.4, 0.5) is 0 Å². The van der Waals surface area contributed by atoms with Crippen LogP contribution in [-0.4, -0.2) is 48.6 Å². The molecule has 0 saturated heterocycles. The number of hydrogen-bond acceptors (Lipinski definition) is 3. The quantitative estimate of drug-likeness (QED) is 0.623. The highest BCUT2D eigenvalue weighted by Gasteiger charge is 2.28. The Kier molecular flexibility index (Phi) is 5.90. The SMILES string of the molecule is CCSCCNCC(C)N(C)C1CC1. The van der Waals surface area contributed by atoms with Crippen LogP contribution in [0, 0.1) is 0 Å². The van der Waals surface area contributed by atoms with Gasteiger partial charge in [0.1, 0.15) is 0 Å². The Balaban J connectivity index is 1.94. The molecule has 14 heavy (non-hydrogen) atoms. The maximum atomic E-state index is 3.52. The molecule has 0 spiro atoms. The van der Waals surface area contributed by atoms with Crippen LogP contribution in [0.25, 0.3) is 0 Å². The van der Waals surface area contributed by atoms with Crippen LogP contribution in [-0.2, 0) is 0 Å². The Labute approximate surface area is 92.8 Å². The zero-order chi connectivity index (χ0) is 10.4. The maximum absolute atomic E-state index is 3.52. The molecule has 1 aliphatic carbocycles. The lowest BCUT2D eigenvalue weighted by atomic mass is 10.3. The molecular weight excluding hydrogens is 192 g/mol. The van der Waals surface area contributed by atoms with E-state index < -0.39 is 0 Å². The summed E-state index contributed by atoms with van der Waals surface area (Å²) < 4.78 is 0. The monoisotopic (exact) mass is 216 g/mol. The molecule has 2 nitrogen and oxygen atoms in total. The van der Waals surface area contributed by atoms with Gasteiger partial charge in [-0.15, -0.1) is 0 Å². The molecular formula is C11H24N2S. The topological polar surface area (TPSA) is 15.3 Å². The Morgan fingerprint density at radius 3 is 2.79 bits per heavy atom. The molecule has 1 atom stereocenters. The first-order valence-corrected chi connectivity index (χ1v) is 6.91. The fraction of sp³-hybridized carbons (Fsp3) is 1.00. The lowest BCUT2D eigenvalue weighted by Gasteiger charge is -2.24. The van der Waals surface area contributed by atoms with Crippen LogP contribution in [0.15, 0.2) is 0 Å². The van der Waals surface area contributed by atoms with Gasteiger partial charge in [0, 0.05) is 30.9 Å². The van der Waals surface area contributed by atoms with Gasteiger partial charge in [-0.05, 0) is 32.6 Å². The fourth-order valence-corrected chi connectivity index (χ4v) is 2.16. The van der Waals surface area contributed by atoms with Gasteiger partial charge < -0.3 is 5.32 Å². The summed E-state index contributed by atoms with van der Waals surface area (Å²) in [6.07, 6.45) is 2.82. The molecule has 1 N–H and O–H groups in total. The molecule has 0 aromatic carbocycles. The minimum absolute atomic E-state index is 0.689. The first-order valence-electron chi connectivity index (χ1n) is 5.76. The highest BCUT2D eigenvalue weighted by atomic mass is 32.2. The second-order valence-corrected chi connectivity index (χ2v) is 5.54. The Morgan fingerprint density at radius 1 is 1.50 bits per heavy atom. The van der Waals surface area contributed by atoms with E-state index in [4.69, 9.17) is 0 Å². The number of hydrogen-bond donors (Lipinski definition) is 1. The summed E-state index contributed by atoms with van der Waals surface area (Å²) in [6, 6.07) is 1.57. The first-order chi connectivity index (χ1) is 6.75. The van der Waals surface area contributed by atoms with Crippen LogP contribution >= 0.6 is 11.8 Å². The number of thioether (sulfide) groups is 1. The highest BCUT2D eigenvalue weighted by Crippen LogP contribution is 2.26. The number of nitrogens with one attached hydrogen (secondary N) is 1. The Morgan fingerprint density at radius 2 is 2.21 bits per heavy atom. The van der Waals surface area contributed by atoms with E-state index in [1.54, 1.807) is 0 Å². The molecule has 1 saturated carbocycles. The lowest BCUT2D eigenvalue weighted by Crippen LogP contribution is -2.39. The Bertz CT molecular complexity index is 148. The van der Waals surface area contributed by atoms with Crippen molar-refractivity contribution in [3.05, 3.63) is 0 Å². The van der Waals surface area contributed by atoms with Crippen molar-refractivity contribution in [2.75, 3.05) is 31.6 Å². The molecule has 84 valence electrons. The molecule has 0 aromatic rings. The van der Waals surface area contributed by atoms with Crippen molar-refractivity contribution in [3.63, 3.8) is 0 Å². The van der Waals surface area contributed by atoms with Gasteiger partial charge in [-0.1, -0.05) is 6.92 Å². The van der Waals surface area contributed by atoms with E-state index in [0.717, 1.165) is 19.1 Å². The summed E-state index contributed by atoms with van der Waals surface area (Å²) >= 11 is 2.01. The van der Waals surface area contributed by atoms with Gasteiger partial charge in [-0.2, -0.15) is 11.8 Å². The summed E-state index contributed by atoms with van der Waals surface area (Å²) in [5, 5.41) is 3.52. The van der Waals surface area contributed by atoms with Gasteiger partial charge in [0.2, 0.25) is 0 Å². The molecule has 1 aliphatic rings. The zero-order valence-electron chi connectivity index (χ0n) is 9.75. The molecule has 0 heterocycles. The second-order valence-electron chi connectivity index (χ2n) is 4.15. The average Bonchev–Trinajstić information content (AvgIpc) is 2.99. The van der Waals surface area contributed by atoms with Crippen molar-refractivity contribution in [3.8, 4) is 0 Å². The summed E-state index contributed by atoms with van der Waals surface area (Å²) in [5.41, 5.74) is 0. The van der Waals surface area contributed by atoms with E-state index in [1.807, 2.05) is 11.8 Å². The zero-order valence-corrected chi connectivity index (χ0v) is 10.6. The number of likely N-dealkylation sites (N-methyl/N-ethyl adjacent to an activating group) is 1. The molecule has 3 heteroatoms. The minimum atomic E-state index is 0.689. The van der Waals surface area contributed by atoms with Crippen LogP contribution in [0.3, 0.4) is 0 Å². The third kappa shape index (κ3) is 4.67. The Hall–Kier alpha value is 0.270. The van der Waals surface area contributed by atoms with Crippen molar-refractivity contribution in [1.82, 2.24) is 10.2 Å². The van der Waals surface area contributed by atoms with E-state index in [2.05, 4.69) is 31.1 Å². The molecule has 0 bridgehead atoms. The lowest BCUT2D eigenvalue weighted by molar-refractivity contribution is 0.242. The van der Waals surface area contributed by atoms with Gasteiger partial charge in [0.15, 0.2) is 0 Å². The van der Waals surface area contributed by atoms with Crippen molar-refractivity contribution < 1.29 is 0 Å². The van der Waals surface area contributed by atoms with Crippen LogP contribution < -0.4 is 5.32 Å². The van der Waals surface area contributed by atoms with Crippen molar-refractivity contribution >= 4 is 11.8 Å².